The van der Waals surface area contributed by atoms with Crippen LogP contribution in [0.2, 0.25) is 0 Å². The molecule has 2 amide bonds. The van der Waals surface area contributed by atoms with Gasteiger partial charge in [0.2, 0.25) is 5.95 Å². The summed E-state index contributed by atoms with van der Waals surface area (Å²) >= 11 is 0. The molecule has 0 saturated heterocycles. The summed E-state index contributed by atoms with van der Waals surface area (Å²) in [5.41, 5.74) is 0. The third-order valence-electron chi connectivity index (χ3n) is 1.87. The topological polar surface area (TPSA) is 95.6 Å². The van der Waals surface area contributed by atoms with Crippen molar-refractivity contribution in [1.29, 1.82) is 0 Å². The molecule has 3 N–H and O–H groups in total. The molecule has 1 aromatic heterocycles. The second kappa shape index (κ2) is 5.40. The van der Waals surface area contributed by atoms with Crippen molar-refractivity contribution in [1.82, 2.24) is 25.9 Å². The SMILES string of the molecule is C[N+](C)(C)CCCNC(=O)Nc1nnn[nH]1. The van der Waals surface area contributed by atoms with E-state index in [4.69, 9.17) is 0 Å². The van der Waals surface area contributed by atoms with E-state index >= 15 is 0 Å². The van der Waals surface area contributed by atoms with Gasteiger partial charge in [-0.15, -0.1) is 0 Å². The molecule has 1 aromatic rings. The molecule has 0 unspecified atom stereocenters. The lowest BCUT2D eigenvalue weighted by Gasteiger charge is -2.23. The second-order valence-corrected chi connectivity index (χ2v) is 4.50. The van der Waals surface area contributed by atoms with E-state index in [-0.39, 0.29) is 12.0 Å². The Morgan fingerprint density at radius 3 is 2.75 bits per heavy atom. The zero-order valence-corrected chi connectivity index (χ0v) is 9.82. The number of carbonyl (C=O) groups is 1. The highest BCUT2D eigenvalue weighted by molar-refractivity contribution is 5.87. The van der Waals surface area contributed by atoms with Crippen LogP contribution in [0.4, 0.5) is 10.7 Å². The predicted molar refractivity (Wildman–Crippen MR) is 58.7 cm³/mol. The molecular formula is C8H18N7O+. The lowest BCUT2D eigenvalue weighted by molar-refractivity contribution is -0.870. The van der Waals surface area contributed by atoms with E-state index in [1.807, 2.05) is 0 Å². The van der Waals surface area contributed by atoms with Crippen molar-refractivity contribution in [3.05, 3.63) is 0 Å². The lowest BCUT2D eigenvalue weighted by Crippen LogP contribution is -2.38. The quantitative estimate of drug-likeness (QED) is 0.464. The zero-order chi connectivity index (χ0) is 12.0. The average molecular weight is 228 g/mol. The van der Waals surface area contributed by atoms with E-state index in [9.17, 15) is 4.79 Å². The highest BCUT2D eigenvalue weighted by Crippen LogP contribution is 1.93. The minimum atomic E-state index is -0.306. The Morgan fingerprint density at radius 1 is 1.44 bits per heavy atom. The fourth-order valence-corrected chi connectivity index (χ4v) is 1.12. The fraction of sp³-hybridized carbons (Fsp3) is 0.750. The minimum Gasteiger partial charge on any atom is -0.338 e. The van der Waals surface area contributed by atoms with Gasteiger partial charge in [-0.25, -0.2) is 9.89 Å². The smallest absolute Gasteiger partial charge is 0.321 e. The monoisotopic (exact) mass is 228 g/mol. The number of quaternary nitrogens is 1. The van der Waals surface area contributed by atoms with Crippen molar-refractivity contribution in [3.8, 4) is 0 Å². The fourth-order valence-electron chi connectivity index (χ4n) is 1.12. The van der Waals surface area contributed by atoms with E-state index in [0.29, 0.717) is 6.54 Å². The number of aromatic nitrogens is 4. The van der Waals surface area contributed by atoms with Crippen LogP contribution in [0, 0.1) is 0 Å². The van der Waals surface area contributed by atoms with Gasteiger partial charge in [0.25, 0.3) is 0 Å². The second-order valence-electron chi connectivity index (χ2n) is 4.50. The first-order valence-electron chi connectivity index (χ1n) is 5.06. The Kier molecular flexibility index (Phi) is 4.18. The van der Waals surface area contributed by atoms with E-state index in [0.717, 1.165) is 17.4 Å². The number of urea groups is 1. The summed E-state index contributed by atoms with van der Waals surface area (Å²) in [5, 5.41) is 17.8. The molecule has 0 spiro atoms. The molecule has 0 aliphatic heterocycles. The van der Waals surface area contributed by atoms with E-state index in [1.165, 1.54) is 0 Å². The Hall–Kier alpha value is -1.70. The maximum atomic E-state index is 11.3. The molecule has 16 heavy (non-hydrogen) atoms. The summed E-state index contributed by atoms with van der Waals surface area (Å²) in [6, 6.07) is -0.306. The molecule has 1 heterocycles. The van der Waals surface area contributed by atoms with Crippen LogP contribution in [0.15, 0.2) is 0 Å². The number of nitrogens with zero attached hydrogens (tertiary/aromatic N) is 4. The van der Waals surface area contributed by atoms with Crippen LogP contribution in [-0.4, -0.2) is 65.4 Å². The Labute approximate surface area is 94.0 Å². The molecule has 0 aromatic carbocycles. The number of hydrogen-bond donors (Lipinski definition) is 3. The number of nitrogens with one attached hydrogen (secondary N) is 3. The van der Waals surface area contributed by atoms with Crippen LogP contribution in [0.1, 0.15) is 6.42 Å². The average Bonchev–Trinajstić information content (AvgIpc) is 2.63. The van der Waals surface area contributed by atoms with Gasteiger partial charge in [-0.1, -0.05) is 5.10 Å². The molecule has 0 aliphatic carbocycles. The van der Waals surface area contributed by atoms with Crippen molar-refractivity contribution >= 4 is 12.0 Å². The van der Waals surface area contributed by atoms with Crippen molar-refractivity contribution in [2.45, 2.75) is 6.42 Å². The van der Waals surface area contributed by atoms with Crippen LogP contribution in [-0.2, 0) is 0 Å². The minimum absolute atomic E-state index is 0.240. The van der Waals surface area contributed by atoms with Gasteiger partial charge in [-0.3, -0.25) is 5.32 Å². The first-order chi connectivity index (χ1) is 7.47. The summed E-state index contributed by atoms with van der Waals surface area (Å²) in [6.07, 6.45) is 0.922. The molecule has 0 bridgehead atoms. The highest BCUT2D eigenvalue weighted by atomic mass is 16.2. The van der Waals surface area contributed by atoms with Gasteiger partial charge in [0, 0.05) is 13.0 Å². The molecule has 0 aliphatic rings. The van der Waals surface area contributed by atoms with Crippen LogP contribution in [0.5, 0.6) is 0 Å². The third-order valence-corrected chi connectivity index (χ3v) is 1.87. The molecule has 0 radical (unpaired) electrons. The molecule has 90 valence electrons. The Balaban J connectivity index is 2.12. The van der Waals surface area contributed by atoms with Gasteiger partial charge in [0.15, 0.2) is 0 Å². The highest BCUT2D eigenvalue weighted by Gasteiger charge is 2.07. The predicted octanol–water partition coefficient (Wildman–Crippen LogP) is -0.582. The molecule has 0 atom stereocenters. The first-order valence-corrected chi connectivity index (χ1v) is 5.06. The van der Waals surface area contributed by atoms with Crippen molar-refractivity contribution in [2.75, 3.05) is 39.5 Å². The molecular weight excluding hydrogens is 210 g/mol. The van der Waals surface area contributed by atoms with Crippen LogP contribution in [0.3, 0.4) is 0 Å². The number of tetrazole rings is 1. The zero-order valence-electron chi connectivity index (χ0n) is 9.82. The maximum absolute atomic E-state index is 11.3. The molecule has 8 heteroatoms. The van der Waals surface area contributed by atoms with Gasteiger partial charge in [0.1, 0.15) is 0 Å². The normalized spacial score (nSPS) is 11.2. The van der Waals surface area contributed by atoms with E-state index in [1.54, 1.807) is 0 Å². The standard InChI is InChI=1S/C8H17N7O/c1-15(2,3)6-4-5-9-8(16)10-7-11-13-14-12-7/h4-6H2,1-3H3,(H2-,9,10,11,12,13,14,16)/p+1. The largest absolute Gasteiger partial charge is 0.338 e. The first kappa shape index (κ1) is 12.4. The number of amides is 2. The van der Waals surface area contributed by atoms with Gasteiger partial charge >= 0.3 is 6.03 Å². The number of hydrogen-bond acceptors (Lipinski definition) is 4. The van der Waals surface area contributed by atoms with E-state index in [2.05, 4.69) is 52.4 Å². The number of carbonyl (C=O) groups excluding carboxylic acids is 1. The van der Waals surface area contributed by atoms with Crippen LogP contribution >= 0.6 is 0 Å². The van der Waals surface area contributed by atoms with Gasteiger partial charge in [0.05, 0.1) is 27.7 Å². The number of H-pyrrole nitrogens is 1. The van der Waals surface area contributed by atoms with E-state index < -0.39 is 0 Å². The Morgan fingerprint density at radius 2 is 2.19 bits per heavy atom. The summed E-state index contributed by atoms with van der Waals surface area (Å²) in [5.74, 6) is 0.240. The van der Waals surface area contributed by atoms with Crippen molar-refractivity contribution < 1.29 is 9.28 Å². The summed E-state index contributed by atoms with van der Waals surface area (Å²) in [4.78, 5) is 11.3. The number of anilines is 1. The molecule has 8 nitrogen and oxygen atoms in total. The van der Waals surface area contributed by atoms with Gasteiger partial charge in [-0.05, 0) is 10.4 Å². The van der Waals surface area contributed by atoms with Gasteiger partial charge < -0.3 is 9.80 Å². The molecule has 0 saturated carbocycles. The third kappa shape index (κ3) is 5.25. The lowest BCUT2D eigenvalue weighted by atomic mass is 10.4. The summed E-state index contributed by atoms with van der Waals surface area (Å²) in [6.45, 7) is 1.63. The van der Waals surface area contributed by atoms with Crippen LogP contribution in [0.25, 0.3) is 0 Å². The van der Waals surface area contributed by atoms with Crippen LogP contribution < -0.4 is 10.6 Å². The molecule has 0 fully saturated rings. The number of aromatic amines is 1. The summed E-state index contributed by atoms with van der Waals surface area (Å²) < 4.78 is 0.884. The summed E-state index contributed by atoms with van der Waals surface area (Å²) in [7, 11) is 6.33. The van der Waals surface area contributed by atoms with Crippen molar-refractivity contribution in [2.24, 2.45) is 0 Å². The van der Waals surface area contributed by atoms with Gasteiger partial charge in [-0.2, -0.15) is 0 Å². The van der Waals surface area contributed by atoms with Crippen molar-refractivity contribution in [3.63, 3.8) is 0 Å². The number of rotatable bonds is 5. The Bertz CT molecular complexity index is 316. The molecule has 1 rings (SSSR count). The maximum Gasteiger partial charge on any atom is 0.321 e.